The molecule has 0 spiro atoms. The standard InChI is InChI=1S/C15H22Cl2O2/c1-18-10-11-19-9-5-8-15(12-16,13-17)14-6-3-2-4-7-14/h2-4,6-7H,5,8-13H2,1H3. The van der Waals surface area contributed by atoms with Crippen LogP contribution in [0.4, 0.5) is 0 Å². The quantitative estimate of drug-likeness (QED) is 0.483. The first-order chi connectivity index (χ1) is 9.29. The summed E-state index contributed by atoms with van der Waals surface area (Å²) in [6.07, 6.45) is 1.87. The van der Waals surface area contributed by atoms with E-state index in [0.717, 1.165) is 12.8 Å². The average Bonchev–Trinajstić information content (AvgIpc) is 2.48. The number of benzene rings is 1. The lowest BCUT2D eigenvalue weighted by Gasteiger charge is -2.30. The van der Waals surface area contributed by atoms with Crippen LogP contribution in [0.25, 0.3) is 0 Å². The van der Waals surface area contributed by atoms with Crippen LogP contribution in [-0.2, 0) is 14.9 Å². The van der Waals surface area contributed by atoms with E-state index in [2.05, 4.69) is 12.1 Å². The van der Waals surface area contributed by atoms with Crippen LogP contribution in [0.1, 0.15) is 18.4 Å². The van der Waals surface area contributed by atoms with Gasteiger partial charge in [-0.05, 0) is 18.4 Å². The maximum absolute atomic E-state index is 6.18. The van der Waals surface area contributed by atoms with Crippen molar-refractivity contribution in [3.63, 3.8) is 0 Å². The van der Waals surface area contributed by atoms with Crippen LogP contribution in [0.2, 0.25) is 0 Å². The third-order valence-electron chi connectivity index (χ3n) is 3.27. The van der Waals surface area contributed by atoms with Gasteiger partial charge in [0.05, 0.1) is 13.2 Å². The molecule has 1 aromatic carbocycles. The minimum atomic E-state index is -0.158. The Morgan fingerprint density at radius 2 is 1.68 bits per heavy atom. The minimum absolute atomic E-state index is 0.158. The fraction of sp³-hybridized carbons (Fsp3) is 0.600. The van der Waals surface area contributed by atoms with Crippen LogP contribution >= 0.6 is 23.2 Å². The van der Waals surface area contributed by atoms with Gasteiger partial charge in [0.1, 0.15) is 0 Å². The summed E-state index contributed by atoms with van der Waals surface area (Å²) in [6, 6.07) is 10.2. The molecule has 0 saturated heterocycles. The summed E-state index contributed by atoms with van der Waals surface area (Å²) in [5, 5.41) is 0. The zero-order chi connectivity index (χ0) is 14.0. The van der Waals surface area contributed by atoms with Crippen LogP contribution in [0.5, 0.6) is 0 Å². The van der Waals surface area contributed by atoms with Crippen LogP contribution in [-0.4, -0.2) is 38.7 Å². The molecule has 0 radical (unpaired) electrons. The molecule has 0 fully saturated rings. The highest BCUT2D eigenvalue weighted by atomic mass is 35.5. The number of rotatable bonds is 10. The Hall–Kier alpha value is -0.280. The summed E-state index contributed by atoms with van der Waals surface area (Å²) in [5.74, 6) is 1.05. The molecule has 0 aromatic heterocycles. The van der Waals surface area contributed by atoms with Gasteiger partial charge in [-0.15, -0.1) is 23.2 Å². The number of hydrogen-bond acceptors (Lipinski definition) is 2. The zero-order valence-corrected chi connectivity index (χ0v) is 12.9. The molecule has 1 rings (SSSR count). The highest BCUT2D eigenvalue weighted by molar-refractivity contribution is 6.22. The number of ether oxygens (including phenoxy) is 2. The fourth-order valence-electron chi connectivity index (χ4n) is 2.02. The Morgan fingerprint density at radius 1 is 1.00 bits per heavy atom. The molecular formula is C15H22Cl2O2. The van der Waals surface area contributed by atoms with E-state index in [9.17, 15) is 0 Å². The molecule has 4 heteroatoms. The van der Waals surface area contributed by atoms with Gasteiger partial charge in [-0.25, -0.2) is 0 Å². The lowest BCUT2D eigenvalue weighted by molar-refractivity contribution is 0.0670. The van der Waals surface area contributed by atoms with Gasteiger partial charge in [-0.1, -0.05) is 30.3 Å². The molecule has 0 atom stereocenters. The summed E-state index contributed by atoms with van der Waals surface area (Å²) in [5.41, 5.74) is 1.05. The first-order valence-corrected chi connectivity index (χ1v) is 7.60. The van der Waals surface area contributed by atoms with Gasteiger partial charge in [0.15, 0.2) is 0 Å². The second-order valence-corrected chi connectivity index (χ2v) is 5.16. The van der Waals surface area contributed by atoms with E-state index in [1.807, 2.05) is 18.2 Å². The molecule has 0 aliphatic carbocycles. The maximum atomic E-state index is 6.18. The molecule has 19 heavy (non-hydrogen) atoms. The van der Waals surface area contributed by atoms with Crippen LogP contribution in [0, 0.1) is 0 Å². The molecule has 0 aliphatic heterocycles. The highest BCUT2D eigenvalue weighted by Gasteiger charge is 2.29. The second kappa shape index (κ2) is 9.60. The third kappa shape index (κ3) is 5.31. The number of halogens is 2. The lowest BCUT2D eigenvalue weighted by Crippen LogP contribution is -2.31. The summed E-state index contributed by atoms with van der Waals surface area (Å²) in [6.45, 7) is 1.98. The summed E-state index contributed by atoms with van der Waals surface area (Å²) in [4.78, 5) is 0. The first kappa shape index (κ1) is 16.8. The molecule has 0 unspecified atom stereocenters. The van der Waals surface area contributed by atoms with E-state index < -0.39 is 0 Å². The summed E-state index contributed by atoms with van der Waals surface area (Å²) >= 11 is 12.4. The number of alkyl halides is 2. The van der Waals surface area contributed by atoms with Crippen molar-refractivity contribution in [1.29, 1.82) is 0 Å². The van der Waals surface area contributed by atoms with Gasteiger partial charge >= 0.3 is 0 Å². The SMILES string of the molecule is COCCOCCCC(CCl)(CCl)c1ccccc1. The van der Waals surface area contributed by atoms with Crippen molar-refractivity contribution in [2.45, 2.75) is 18.3 Å². The van der Waals surface area contributed by atoms with Gasteiger partial charge in [-0.3, -0.25) is 0 Å². The smallest absolute Gasteiger partial charge is 0.0700 e. The average molecular weight is 305 g/mol. The maximum Gasteiger partial charge on any atom is 0.0700 e. The van der Waals surface area contributed by atoms with Crippen molar-refractivity contribution in [3.8, 4) is 0 Å². The van der Waals surface area contributed by atoms with Gasteiger partial charge in [-0.2, -0.15) is 0 Å². The topological polar surface area (TPSA) is 18.5 Å². The van der Waals surface area contributed by atoms with Gasteiger partial charge < -0.3 is 9.47 Å². The molecule has 0 aliphatic rings. The first-order valence-electron chi connectivity index (χ1n) is 6.53. The summed E-state index contributed by atoms with van der Waals surface area (Å²) < 4.78 is 10.4. The normalized spacial score (nSPS) is 11.7. The third-order valence-corrected chi connectivity index (χ3v) is 4.30. The largest absolute Gasteiger partial charge is 0.382 e. The van der Waals surface area contributed by atoms with Gasteiger partial charge in [0, 0.05) is 30.9 Å². The Morgan fingerprint density at radius 3 is 2.26 bits per heavy atom. The van der Waals surface area contributed by atoms with E-state index in [4.69, 9.17) is 32.7 Å². The predicted octanol–water partition coefficient (Wildman–Crippen LogP) is 3.85. The Kier molecular flexibility index (Phi) is 8.47. The van der Waals surface area contributed by atoms with Gasteiger partial charge in [0.2, 0.25) is 0 Å². The van der Waals surface area contributed by atoms with Crippen LogP contribution in [0.15, 0.2) is 30.3 Å². The molecule has 0 bridgehead atoms. The van der Waals surface area contributed by atoms with E-state index in [1.165, 1.54) is 5.56 Å². The second-order valence-electron chi connectivity index (χ2n) is 4.62. The molecule has 0 N–H and O–H groups in total. The molecule has 0 amide bonds. The summed E-state index contributed by atoms with van der Waals surface area (Å²) in [7, 11) is 1.67. The van der Waals surface area contributed by atoms with Crippen LogP contribution < -0.4 is 0 Å². The van der Waals surface area contributed by atoms with E-state index in [1.54, 1.807) is 7.11 Å². The molecule has 108 valence electrons. The van der Waals surface area contributed by atoms with Crippen molar-refractivity contribution in [2.75, 3.05) is 38.7 Å². The molecular weight excluding hydrogens is 283 g/mol. The lowest BCUT2D eigenvalue weighted by atomic mass is 9.80. The molecule has 0 heterocycles. The van der Waals surface area contributed by atoms with Crippen molar-refractivity contribution in [1.82, 2.24) is 0 Å². The number of hydrogen-bond donors (Lipinski definition) is 0. The van der Waals surface area contributed by atoms with Crippen molar-refractivity contribution < 1.29 is 9.47 Å². The van der Waals surface area contributed by atoms with E-state index in [-0.39, 0.29) is 5.41 Å². The highest BCUT2D eigenvalue weighted by Crippen LogP contribution is 2.32. The van der Waals surface area contributed by atoms with Crippen molar-refractivity contribution in [3.05, 3.63) is 35.9 Å². The Labute approximate surface area is 126 Å². The Balaban J connectivity index is 2.48. The van der Waals surface area contributed by atoms with Crippen LogP contribution in [0.3, 0.4) is 0 Å². The molecule has 0 saturated carbocycles. The van der Waals surface area contributed by atoms with Crippen molar-refractivity contribution >= 4 is 23.2 Å². The van der Waals surface area contributed by atoms with E-state index in [0.29, 0.717) is 31.6 Å². The molecule has 1 aromatic rings. The number of methoxy groups -OCH3 is 1. The molecule has 2 nitrogen and oxygen atoms in total. The zero-order valence-electron chi connectivity index (χ0n) is 11.4. The van der Waals surface area contributed by atoms with Crippen molar-refractivity contribution in [2.24, 2.45) is 0 Å². The predicted molar refractivity (Wildman–Crippen MR) is 81.5 cm³/mol. The minimum Gasteiger partial charge on any atom is -0.382 e. The van der Waals surface area contributed by atoms with Gasteiger partial charge in [0.25, 0.3) is 0 Å². The monoisotopic (exact) mass is 304 g/mol. The Bertz CT molecular complexity index is 326. The van der Waals surface area contributed by atoms with E-state index >= 15 is 0 Å². The fourth-order valence-corrected chi connectivity index (χ4v) is 2.88.